The molecule has 1 aromatic rings. The molecule has 0 fully saturated rings. The van der Waals surface area contributed by atoms with Gasteiger partial charge in [-0.1, -0.05) is 0 Å². The van der Waals surface area contributed by atoms with E-state index in [1.54, 1.807) is 31.3 Å². The van der Waals surface area contributed by atoms with Crippen LogP contribution in [0.2, 0.25) is 0 Å². The molecule has 0 aliphatic heterocycles. The summed E-state index contributed by atoms with van der Waals surface area (Å²) in [5.41, 5.74) is 6.66. The van der Waals surface area contributed by atoms with Crippen molar-refractivity contribution in [2.24, 2.45) is 0 Å². The lowest BCUT2D eigenvalue weighted by Crippen LogP contribution is -2.38. The molecule has 0 atom stereocenters. The molecule has 5 heteroatoms. The highest BCUT2D eigenvalue weighted by Crippen LogP contribution is 2.07. The number of hydrogen-bond donors (Lipinski definition) is 2. The van der Waals surface area contributed by atoms with Gasteiger partial charge in [-0.3, -0.25) is 9.59 Å². The summed E-state index contributed by atoms with van der Waals surface area (Å²) in [4.78, 5) is 24.6. The van der Waals surface area contributed by atoms with Gasteiger partial charge in [0.2, 0.25) is 5.91 Å². The van der Waals surface area contributed by atoms with E-state index in [9.17, 15) is 9.59 Å². The first-order chi connectivity index (χ1) is 8.04. The minimum Gasteiger partial charge on any atom is -0.399 e. The van der Waals surface area contributed by atoms with E-state index in [0.717, 1.165) is 0 Å². The SMILES string of the molecule is CCNC(=O)CN(C)C(=O)c1ccc(N)cc1. The van der Waals surface area contributed by atoms with E-state index in [1.165, 1.54) is 4.90 Å². The molecule has 2 amide bonds. The molecule has 0 saturated carbocycles. The van der Waals surface area contributed by atoms with Gasteiger partial charge in [-0.2, -0.15) is 0 Å². The van der Waals surface area contributed by atoms with Crippen LogP contribution >= 0.6 is 0 Å². The number of nitrogens with zero attached hydrogens (tertiary/aromatic N) is 1. The summed E-state index contributed by atoms with van der Waals surface area (Å²) >= 11 is 0. The number of benzene rings is 1. The molecule has 0 aliphatic carbocycles. The molecule has 1 rings (SSSR count). The van der Waals surface area contributed by atoms with E-state index < -0.39 is 0 Å². The molecule has 1 aromatic carbocycles. The lowest BCUT2D eigenvalue weighted by atomic mass is 10.2. The maximum Gasteiger partial charge on any atom is 0.254 e. The monoisotopic (exact) mass is 235 g/mol. The molecule has 92 valence electrons. The van der Waals surface area contributed by atoms with E-state index in [4.69, 9.17) is 5.73 Å². The summed E-state index contributed by atoms with van der Waals surface area (Å²) in [6.45, 7) is 2.44. The number of hydrogen-bond acceptors (Lipinski definition) is 3. The van der Waals surface area contributed by atoms with Gasteiger partial charge >= 0.3 is 0 Å². The minimum absolute atomic E-state index is 0.0526. The van der Waals surface area contributed by atoms with Crippen LogP contribution in [0, 0.1) is 0 Å². The van der Waals surface area contributed by atoms with Crippen molar-refractivity contribution < 1.29 is 9.59 Å². The Labute approximate surface area is 101 Å². The maximum absolute atomic E-state index is 11.9. The van der Waals surface area contributed by atoms with Gasteiger partial charge in [0, 0.05) is 24.8 Å². The van der Waals surface area contributed by atoms with Gasteiger partial charge in [-0.25, -0.2) is 0 Å². The number of anilines is 1. The number of carbonyl (C=O) groups excluding carboxylic acids is 2. The lowest BCUT2D eigenvalue weighted by Gasteiger charge is -2.16. The molecule has 0 unspecified atom stereocenters. The summed E-state index contributed by atoms with van der Waals surface area (Å²) in [5.74, 6) is -0.366. The van der Waals surface area contributed by atoms with Crippen LogP contribution in [0.25, 0.3) is 0 Å². The Bertz CT molecular complexity index is 401. The third kappa shape index (κ3) is 3.79. The second kappa shape index (κ2) is 5.89. The summed E-state index contributed by atoms with van der Waals surface area (Å²) in [6.07, 6.45) is 0. The van der Waals surface area contributed by atoms with Gasteiger partial charge < -0.3 is 16.0 Å². The van der Waals surface area contributed by atoms with Gasteiger partial charge in [0.25, 0.3) is 5.91 Å². The Kier molecular flexibility index (Phi) is 4.51. The maximum atomic E-state index is 11.9. The largest absolute Gasteiger partial charge is 0.399 e. The van der Waals surface area contributed by atoms with Gasteiger partial charge in [-0.15, -0.1) is 0 Å². The van der Waals surface area contributed by atoms with Crippen LogP contribution < -0.4 is 11.1 Å². The Balaban J connectivity index is 2.63. The van der Waals surface area contributed by atoms with Gasteiger partial charge in [0.05, 0.1) is 6.54 Å². The number of nitrogens with one attached hydrogen (secondary N) is 1. The van der Waals surface area contributed by atoms with E-state index in [0.29, 0.717) is 17.8 Å². The van der Waals surface area contributed by atoms with Crippen molar-refractivity contribution in [1.82, 2.24) is 10.2 Å². The molecule has 3 N–H and O–H groups in total. The Morgan fingerprint density at radius 2 is 1.88 bits per heavy atom. The van der Waals surface area contributed by atoms with E-state index in [1.807, 2.05) is 6.92 Å². The summed E-state index contributed by atoms with van der Waals surface area (Å²) in [6, 6.07) is 6.61. The number of likely N-dealkylation sites (N-methyl/N-ethyl adjacent to an activating group) is 2. The zero-order valence-electron chi connectivity index (χ0n) is 10.1. The van der Waals surface area contributed by atoms with Crippen LogP contribution in [0.5, 0.6) is 0 Å². The average molecular weight is 235 g/mol. The minimum atomic E-state index is -0.198. The summed E-state index contributed by atoms with van der Waals surface area (Å²) in [7, 11) is 1.59. The number of carbonyl (C=O) groups is 2. The zero-order valence-corrected chi connectivity index (χ0v) is 10.1. The van der Waals surface area contributed by atoms with Gasteiger partial charge in [0.1, 0.15) is 0 Å². The standard InChI is InChI=1S/C12H17N3O2/c1-3-14-11(16)8-15(2)12(17)9-4-6-10(13)7-5-9/h4-7H,3,8,13H2,1-2H3,(H,14,16). The molecule has 0 aliphatic rings. The average Bonchev–Trinajstić information content (AvgIpc) is 2.29. The van der Waals surface area contributed by atoms with E-state index >= 15 is 0 Å². The molecule has 17 heavy (non-hydrogen) atoms. The molecule has 5 nitrogen and oxygen atoms in total. The Hall–Kier alpha value is -2.04. The third-order valence-corrected chi connectivity index (χ3v) is 2.26. The molecule has 0 saturated heterocycles. The molecule has 0 radical (unpaired) electrons. The predicted molar refractivity (Wildman–Crippen MR) is 66.5 cm³/mol. The number of rotatable bonds is 4. The van der Waals surface area contributed by atoms with E-state index in [-0.39, 0.29) is 18.4 Å². The first-order valence-electron chi connectivity index (χ1n) is 5.42. The van der Waals surface area contributed by atoms with Crippen molar-refractivity contribution in [3.63, 3.8) is 0 Å². The van der Waals surface area contributed by atoms with Gasteiger partial charge in [0.15, 0.2) is 0 Å². The van der Waals surface area contributed by atoms with Crippen molar-refractivity contribution in [2.45, 2.75) is 6.92 Å². The van der Waals surface area contributed by atoms with Crippen LogP contribution in [0.1, 0.15) is 17.3 Å². The summed E-state index contributed by atoms with van der Waals surface area (Å²) in [5, 5.41) is 2.64. The van der Waals surface area contributed by atoms with Crippen molar-refractivity contribution >= 4 is 17.5 Å². The van der Waals surface area contributed by atoms with E-state index in [2.05, 4.69) is 5.32 Å². The van der Waals surface area contributed by atoms with Crippen LogP contribution in [-0.4, -0.2) is 36.9 Å². The molecule has 0 heterocycles. The number of nitrogens with two attached hydrogens (primary N) is 1. The highest BCUT2D eigenvalue weighted by molar-refractivity contribution is 5.96. The molecular weight excluding hydrogens is 218 g/mol. The first-order valence-corrected chi connectivity index (χ1v) is 5.42. The topological polar surface area (TPSA) is 75.4 Å². The van der Waals surface area contributed by atoms with Gasteiger partial charge in [-0.05, 0) is 31.2 Å². The zero-order chi connectivity index (χ0) is 12.8. The van der Waals surface area contributed by atoms with Crippen LogP contribution in [0.3, 0.4) is 0 Å². The number of nitrogen functional groups attached to an aromatic ring is 1. The first kappa shape index (κ1) is 13.0. The van der Waals surface area contributed by atoms with Crippen LogP contribution in [0.4, 0.5) is 5.69 Å². The molecule has 0 bridgehead atoms. The molecular formula is C12H17N3O2. The fourth-order valence-electron chi connectivity index (χ4n) is 1.39. The normalized spacial score (nSPS) is 9.76. The highest BCUT2D eigenvalue weighted by Gasteiger charge is 2.13. The van der Waals surface area contributed by atoms with Crippen molar-refractivity contribution in [1.29, 1.82) is 0 Å². The second-order valence-electron chi connectivity index (χ2n) is 3.74. The summed E-state index contributed by atoms with van der Waals surface area (Å²) < 4.78 is 0. The lowest BCUT2D eigenvalue weighted by molar-refractivity contribution is -0.121. The van der Waals surface area contributed by atoms with Crippen molar-refractivity contribution in [3.8, 4) is 0 Å². The smallest absolute Gasteiger partial charge is 0.254 e. The Morgan fingerprint density at radius 3 is 2.41 bits per heavy atom. The highest BCUT2D eigenvalue weighted by atomic mass is 16.2. The number of amides is 2. The third-order valence-electron chi connectivity index (χ3n) is 2.26. The fraction of sp³-hybridized carbons (Fsp3) is 0.333. The fourth-order valence-corrected chi connectivity index (χ4v) is 1.39. The Morgan fingerprint density at radius 1 is 1.29 bits per heavy atom. The van der Waals surface area contributed by atoms with Crippen molar-refractivity contribution in [3.05, 3.63) is 29.8 Å². The second-order valence-corrected chi connectivity index (χ2v) is 3.74. The molecule has 0 spiro atoms. The van der Waals surface area contributed by atoms with Crippen molar-refractivity contribution in [2.75, 3.05) is 25.9 Å². The molecule has 0 aromatic heterocycles. The quantitative estimate of drug-likeness (QED) is 0.745. The van der Waals surface area contributed by atoms with Crippen LogP contribution in [-0.2, 0) is 4.79 Å². The predicted octanol–water partition coefficient (Wildman–Crippen LogP) is 0.477. The van der Waals surface area contributed by atoms with Crippen LogP contribution in [0.15, 0.2) is 24.3 Å².